The van der Waals surface area contributed by atoms with E-state index in [1.54, 1.807) is 12.1 Å². The first-order valence-electron chi connectivity index (χ1n) is 6.84. The fourth-order valence-corrected chi connectivity index (χ4v) is 1.66. The van der Waals surface area contributed by atoms with Crippen LogP contribution in [0.2, 0.25) is 0 Å². The molecule has 0 heterocycles. The van der Waals surface area contributed by atoms with Crippen molar-refractivity contribution in [2.75, 3.05) is 20.3 Å². The topological polar surface area (TPSA) is 64.6 Å². The van der Waals surface area contributed by atoms with Gasteiger partial charge in [0.2, 0.25) is 0 Å². The predicted octanol–water partition coefficient (Wildman–Crippen LogP) is 2.05. The van der Waals surface area contributed by atoms with Crippen LogP contribution in [0.4, 0.5) is 4.39 Å². The lowest BCUT2D eigenvalue weighted by atomic mass is 10.2. The van der Waals surface area contributed by atoms with Crippen LogP contribution in [0.5, 0.6) is 5.75 Å². The van der Waals surface area contributed by atoms with E-state index in [1.807, 2.05) is 0 Å². The second-order valence-corrected chi connectivity index (χ2v) is 4.46. The van der Waals surface area contributed by atoms with Crippen molar-refractivity contribution in [2.24, 2.45) is 0 Å². The Morgan fingerprint density at radius 3 is 2.67 bits per heavy atom. The van der Waals surface area contributed by atoms with Gasteiger partial charge in [0.05, 0.1) is 7.11 Å². The van der Waals surface area contributed by atoms with Gasteiger partial charge in [-0.2, -0.15) is 0 Å². The van der Waals surface area contributed by atoms with E-state index in [0.717, 1.165) is 19.3 Å². The van der Waals surface area contributed by atoms with Crippen molar-refractivity contribution in [2.45, 2.75) is 25.7 Å². The smallest absolute Gasteiger partial charge is 0.305 e. The van der Waals surface area contributed by atoms with Gasteiger partial charge in [0, 0.05) is 13.0 Å². The van der Waals surface area contributed by atoms with Gasteiger partial charge in [0.1, 0.15) is 0 Å². The number of hydrogen-bond donors (Lipinski definition) is 1. The molecule has 0 unspecified atom stereocenters. The molecule has 0 aliphatic carbocycles. The number of esters is 1. The number of methoxy groups -OCH3 is 1. The minimum atomic E-state index is -0.492. The molecular weight excluding hydrogens is 277 g/mol. The van der Waals surface area contributed by atoms with E-state index in [4.69, 9.17) is 4.74 Å². The van der Waals surface area contributed by atoms with Gasteiger partial charge >= 0.3 is 5.97 Å². The van der Waals surface area contributed by atoms with Crippen LogP contribution in [0.15, 0.2) is 24.3 Å². The number of hydrogen-bond acceptors (Lipinski definition) is 4. The summed E-state index contributed by atoms with van der Waals surface area (Å²) >= 11 is 0. The largest absolute Gasteiger partial charge is 0.481 e. The average Bonchev–Trinajstić information content (AvgIpc) is 2.49. The average molecular weight is 297 g/mol. The summed E-state index contributed by atoms with van der Waals surface area (Å²) in [4.78, 5) is 22.3. The van der Waals surface area contributed by atoms with E-state index in [0.29, 0.717) is 13.0 Å². The highest BCUT2D eigenvalue weighted by atomic mass is 19.1. The SMILES string of the molecule is COC(=O)CCCCCNC(=O)COc1ccccc1F. The normalized spacial score (nSPS) is 10.0. The fraction of sp³-hybridized carbons (Fsp3) is 0.467. The van der Waals surface area contributed by atoms with Crippen molar-refractivity contribution in [1.82, 2.24) is 5.32 Å². The Kier molecular flexibility index (Phi) is 7.86. The molecule has 116 valence electrons. The van der Waals surface area contributed by atoms with Crippen LogP contribution in [0.25, 0.3) is 0 Å². The minimum Gasteiger partial charge on any atom is -0.481 e. The van der Waals surface area contributed by atoms with E-state index < -0.39 is 5.82 Å². The quantitative estimate of drug-likeness (QED) is 0.560. The predicted molar refractivity (Wildman–Crippen MR) is 75.4 cm³/mol. The van der Waals surface area contributed by atoms with Crippen LogP contribution in [0.3, 0.4) is 0 Å². The number of benzene rings is 1. The van der Waals surface area contributed by atoms with E-state index in [-0.39, 0.29) is 24.2 Å². The van der Waals surface area contributed by atoms with E-state index in [2.05, 4.69) is 10.1 Å². The molecule has 0 fully saturated rings. The van der Waals surface area contributed by atoms with Crippen molar-refractivity contribution in [1.29, 1.82) is 0 Å². The molecule has 0 aliphatic rings. The minimum absolute atomic E-state index is 0.0609. The molecule has 1 rings (SSSR count). The van der Waals surface area contributed by atoms with Gasteiger partial charge in [-0.3, -0.25) is 9.59 Å². The second kappa shape index (κ2) is 9.74. The lowest BCUT2D eigenvalue weighted by Crippen LogP contribution is -2.29. The molecule has 1 N–H and O–H groups in total. The zero-order valence-electron chi connectivity index (χ0n) is 12.1. The number of ether oxygens (including phenoxy) is 2. The maximum atomic E-state index is 13.2. The van der Waals surface area contributed by atoms with Gasteiger partial charge in [0.25, 0.3) is 5.91 Å². The molecule has 0 bridgehead atoms. The zero-order valence-corrected chi connectivity index (χ0v) is 12.1. The van der Waals surface area contributed by atoms with Gasteiger partial charge in [-0.1, -0.05) is 18.6 Å². The lowest BCUT2D eigenvalue weighted by Gasteiger charge is -2.08. The van der Waals surface area contributed by atoms with Crippen LogP contribution >= 0.6 is 0 Å². The van der Waals surface area contributed by atoms with Crippen LogP contribution in [-0.2, 0) is 14.3 Å². The Balaban J connectivity index is 2.07. The number of para-hydroxylation sites is 1. The molecule has 0 saturated heterocycles. The van der Waals surface area contributed by atoms with Gasteiger partial charge < -0.3 is 14.8 Å². The summed E-state index contributed by atoms with van der Waals surface area (Å²) in [6, 6.07) is 5.93. The van der Waals surface area contributed by atoms with Gasteiger partial charge in [-0.15, -0.1) is 0 Å². The summed E-state index contributed by atoms with van der Waals surface area (Å²) in [5.74, 6) is -0.956. The Morgan fingerprint density at radius 2 is 1.95 bits per heavy atom. The zero-order chi connectivity index (χ0) is 15.5. The lowest BCUT2D eigenvalue weighted by molar-refractivity contribution is -0.140. The monoisotopic (exact) mass is 297 g/mol. The summed E-state index contributed by atoms with van der Waals surface area (Å²) in [7, 11) is 1.36. The first-order valence-corrected chi connectivity index (χ1v) is 6.84. The third-order valence-electron chi connectivity index (χ3n) is 2.80. The van der Waals surface area contributed by atoms with E-state index >= 15 is 0 Å². The van der Waals surface area contributed by atoms with Gasteiger partial charge in [0.15, 0.2) is 18.2 Å². The van der Waals surface area contributed by atoms with Crippen LogP contribution in [-0.4, -0.2) is 32.1 Å². The van der Waals surface area contributed by atoms with Crippen LogP contribution in [0.1, 0.15) is 25.7 Å². The van der Waals surface area contributed by atoms with Crippen molar-refractivity contribution < 1.29 is 23.5 Å². The summed E-state index contributed by atoms with van der Waals surface area (Å²) in [6.45, 7) is 0.281. The van der Waals surface area contributed by atoms with Crippen molar-refractivity contribution >= 4 is 11.9 Å². The number of unbranched alkanes of at least 4 members (excludes halogenated alkanes) is 2. The molecule has 0 atom stereocenters. The van der Waals surface area contributed by atoms with Crippen LogP contribution < -0.4 is 10.1 Å². The van der Waals surface area contributed by atoms with Crippen molar-refractivity contribution in [3.8, 4) is 5.75 Å². The Labute approximate surface area is 123 Å². The van der Waals surface area contributed by atoms with Gasteiger partial charge in [-0.25, -0.2) is 4.39 Å². The Hall–Kier alpha value is -2.11. The first kappa shape index (κ1) is 16.9. The number of carbonyl (C=O) groups is 2. The molecule has 1 aromatic rings. The maximum absolute atomic E-state index is 13.2. The Morgan fingerprint density at radius 1 is 1.19 bits per heavy atom. The number of halogens is 1. The van der Waals surface area contributed by atoms with E-state index in [9.17, 15) is 14.0 Å². The number of carbonyl (C=O) groups excluding carboxylic acids is 2. The fourth-order valence-electron chi connectivity index (χ4n) is 1.66. The molecule has 21 heavy (non-hydrogen) atoms. The molecule has 0 saturated carbocycles. The molecule has 1 aromatic carbocycles. The molecule has 6 heteroatoms. The highest BCUT2D eigenvalue weighted by molar-refractivity contribution is 5.77. The molecule has 0 aromatic heterocycles. The highest BCUT2D eigenvalue weighted by Crippen LogP contribution is 2.14. The van der Waals surface area contributed by atoms with Crippen molar-refractivity contribution in [3.63, 3.8) is 0 Å². The third kappa shape index (κ3) is 7.29. The molecule has 0 aliphatic heterocycles. The highest BCUT2D eigenvalue weighted by Gasteiger charge is 2.05. The number of nitrogens with one attached hydrogen (secondary N) is 1. The molecule has 1 amide bonds. The van der Waals surface area contributed by atoms with Gasteiger partial charge in [-0.05, 0) is 25.0 Å². The van der Waals surface area contributed by atoms with Crippen LogP contribution in [0, 0.1) is 5.82 Å². The molecule has 5 nitrogen and oxygen atoms in total. The summed E-state index contributed by atoms with van der Waals surface area (Å²) in [5.41, 5.74) is 0. The summed E-state index contributed by atoms with van der Waals surface area (Å²) in [6.07, 6.45) is 2.71. The Bertz CT molecular complexity index is 465. The molecule has 0 radical (unpaired) electrons. The molecular formula is C15H20FNO4. The van der Waals surface area contributed by atoms with E-state index in [1.165, 1.54) is 19.2 Å². The number of rotatable bonds is 9. The maximum Gasteiger partial charge on any atom is 0.305 e. The summed E-state index contributed by atoms with van der Waals surface area (Å²) < 4.78 is 22.8. The standard InChI is InChI=1S/C15H20FNO4/c1-20-15(19)9-3-2-6-10-17-14(18)11-21-13-8-5-4-7-12(13)16/h4-5,7-8H,2-3,6,9-11H2,1H3,(H,17,18). The summed E-state index contributed by atoms with van der Waals surface area (Å²) in [5, 5.41) is 2.67. The molecule has 0 spiro atoms. The number of amides is 1. The second-order valence-electron chi connectivity index (χ2n) is 4.46. The van der Waals surface area contributed by atoms with Crippen molar-refractivity contribution in [3.05, 3.63) is 30.1 Å². The third-order valence-corrected chi connectivity index (χ3v) is 2.80. The first-order chi connectivity index (χ1) is 10.1.